The standard InChI is InChI=1S/C15H14N4O3S3/c1-2-10-13(18-22-17-10)16-12(20)5-6-19-14(21)11(25-15(19)23)8-9-4-3-7-24-9/h3-4,7-8H,2,5-6H2,1H3,(H,16,18,20)/b11-8-. The number of nitrogens with one attached hydrogen (secondary N) is 1. The van der Waals surface area contributed by atoms with Crippen molar-refractivity contribution in [2.24, 2.45) is 0 Å². The van der Waals surface area contributed by atoms with Gasteiger partial charge in [-0.25, -0.2) is 4.63 Å². The Hall–Kier alpha value is -2.04. The highest BCUT2D eigenvalue weighted by atomic mass is 32.2. The molecule has 2 aromatic heterocycles. The van der Waals surface area contributed by atoms with Gasteiger partial charge < -0.3 is 5.32 Å². The number of carbonyl (C=O) groups is 2. The lowest BCUT2D eigenvalue weighted by atomic mass is 10.3. The predicted molar refractivity (Wildman–Crippen MR) is 101 cm³/mol. The van der Waals surface area contributed by atoms with Gasteiger partial charge in [-0.1, -0.05) is 42.1 Å². The van der Waals surface area contributed by atoms with Crippen molar-refractivity contribution >= 4 is 63.3 Å². The summed E-state index contributed by atoms with van der Waals surface area (Å²) in [6.07, 6.45) is 2.52. The van der Waals surface area contributed by atoms with Crippen LogP contribution in [0.4, 0.5) is 5.82 Å². The Morgan fingerprint density at radius 3 is 3.04 bits per heavy atom. The normalized spacial score (nSPS) is 16.0. The molecule has 1 N–H and O–H groups in total. The van der Waals surface area contributed by atoms with Gasteiger partial charge in [0.05, 0.1) is 4.91 Å². The van der Waals surface area contributed by atoms with Crippen molar-refractivity contribution < 1.29 is 14.2 Å². The number of thiophene rings is 1. The molecular formula is C15H14N4O3S3. The Morgan fingerprint density at radius 1 is 1.48 bits per heavy atom. The van der Waals surface area contributed by atoms with Gasteiger partial charge in [-0.2, -0.15) is 0 Å². The van der Waals surface area contributed by atoms with Gasteiger partial charge in [-0.05, 0) is 29.1 Å². The molecule has 3 rings (SSSR count). The third-order valence-electron chi connectivity index (χ3n) is 3.40. The quantitative estimate of drug-likeness (QED) is 0.595. The number of hydrogen-bond donors (Lipinski definition) is 1. The highest BCUT2D eigenvalue weighted by Crippen LogP contribution is 2.33. The largest absolute Gasteiger partial charge is 0.306 e. The third kappa shape index (κ3) is 4.14. The summed E-state index contributed by atoms with van der Waals surface area (Å²) in [7, 11) is 0. The number of amides is 2. The van der Waals surface area contributed by atoms with Gasteiger partial charge in [0.15, 0.2) is 0 Å². The van der Waals surface area contributed by atoms with Crippen LogP contribution in [0.15, 0.2) is 27.0 Å². The first-order valence-electron chi connectivity index (χ1n) is 7.48. The summed E-state index contributed by atoms with van der Waals surface area (Å²) in [4.78, 5) is 27.5. The SMILES string of the molecule is CCc1nonc1NC(=O)CCN1C(=O)/C(=C/c2cccs2)SC1=S. The predicted octanol–water partition coefficient (Wildman–Crippen LogP) is 2.92. The van der Waals surface area contributed by atoms with Crippen LogP contribution in [0.5, 0.6) is 0 Å². The summed E-state index contributed by atoms with van der Waals surface area (Å²) in [5.74, 6) is -0.134. The minimum atomic E-state index is -0.276. The average Bonchev–Trinajstić information content (AvgIpc) is 3.30. The summed E-state index contributed by atoms with van der Waals surface area (Å²) < 4.78 is 5.06. The summed E-state index contributed by atoms with van der Waals surface area (Å²) in [6, 6.07) is 3.85. The maximum absolute atomic E-state index is 12.5. The zero-order valence-electron chi connectivity index (χ0n) is 13.2. The minimum Gasteiger partial charge on any atom is -0.306 e. The van der Waals surface area contributed by atoms with E-state index in [1.54, 1.807) is 11.3 Å². The van der Waals surface area contributed by atoms with Crippen molar-refractivity contribution in [2.75, 3.05) is 11.9 Å². The first-order valence-corrected chi connectivity index (χ1v) is 9.59. The highest BCUT2D eigenvalue weighted by Gasteiger charge is 2.32. The molecule has 0 aromatic carbocycles. The van der Waals surface area contributed by atoms with Crippen LogP contribution in [0, 0.1) is 0 Å². The van der Waals surface area contributed by atoms with Crippen LogP contribution >= 0.6 is 35.3 Å². The average molecular weight is 395 g/mol. The van der Waals surface area contributed by atoms with Crippen LogP contribution < -0.4 is 5.32 Å². The van der Waals surface area contributed by atoms with E-state index in [4.69, 9.17) is 12.2 Å². The molecule has 0 atom stereocenters. The summed E-state index contributed by atoms with van der Waals surface area (Å²) in [5.41, 5.74) is 0.581. The maximum Gasteiger partial charge on any atom is 0.266 e. The van der Waals surface area contributed by atoms with Crippen molar-refractivity contribution in [1.82, 2.24) is 15.2 Å². The molecule has 0 aliphatic carbocycles. The summed E-state index contributed by atoms with van der Waals surface area (Å²) in [6.45, 7) is 2.10. The van der Waals surface area contributed by atoms with Crippen molar-refractivity contribution in [2.45, 2.75) is 19.8 Å². The van der Waals surface area contributed by atoms with Gasteiger partial charge in [0.2, 0.25) is 11.7 Å². The van der Waals surface area contributed by atoms with Gasteiger partial charge in [-0.15, -0.1) is 11.3 Å². The maximum atomic E-state index is 12.5. The molecule has 0 saturated carbocycles. The molecule has 1 aliphatic heterocycles. The molecule has 130 valence electrons. The van der Waals surface area contributed by atoms with Gasteiger partial charge in [-0.3, -0.25) is 14.5 Å². The van der Waals surface area contributed by atoms with Gasteiger partial charge in [0, 0.05) is 17.8 Å². The van der Waals surface area contributed by atoms with E-state index < -0.39 is 0 Å². The van der Waals surface area contributed by atoms with Gasteiger partial charge in [0.25, 0.3) is 5.91 Å². The molecule has 2 aromatic rings. The van der Waals surface area contributed by atoms with Crippen molar-refractivity contribution in [3.63, 3.8) is 0 Å². The second-order valence-electron chi connectivity index (χ2n) is 5.06. The molecule has 0 spiro atoms. The molecule has 1 aliphatic rings. The van der Waals surface area contributed by atoms with E-state index >= 15 is 0 Å². The molecular weight excluding hydrogens is 380 g/mol. The molecule has 0 bridgehead atoms. The second kappa shape index (κ2) is 7.89. The zero-order chi connectivity index (χ0) is 17.8. The molecule has 1 saturated heterocycles. The van der Waals surface area contributed by atoms with Crippen molar-refractivity contribution in [3.05, 3.63) is 33.0 Å². The number of aryl methyl sites for hydroxylation is 1. The van der Waals surface area contributed by atoms with E-state index in [0.29, 0.717) is 27.2 Å². The van der Waals surface area contributed by atoms with Crippen LogP contribution in [-0.2, 0) is 16.0 Å². The minimum absolute atomic E-state index is 0.106. The molecule has 0 radical (unpaired) electrons. The Kier molecular flexibility index (Phi) is 5.61. The van der Waals surface area contributed by atoms with Gasteiger partial charge in [0.1, 0.15) is 10.0 Å². The molecule has 7 nitrogen and oxygen atoms in total. The van der Waals surface area contributed by atoms with E-state index in [1.807, 2.05) is 30.5 Å². The highest BCUT2D eigenvalue weighted by molar-refractivity contribution is 8.26. The summed E-state index contributed by atoms with van der Waals surface area (Å²) >= 11 is 8.06. The number of hydrogen-bond acceptors (Lipinski definition) is 8. The molecule has 2 amide bonds. The lowest BCUT2D eigenvalue weighted by Crippen LogP contribution is -2.31. The lowest BCUT2D eigenvalue weighted by Gasteiger charge is -2.13. The third-order valence-corrected chi connectivity index (χ3v) is 5.60. The number of nitrogens with zero attached hydrogens (tertiary/aromatic N) is 3. The Morgan fingerprint density at radius 2 is 2.32 bits per heavy atom. The second-order valence-corrected chi connectivity index (χ2v) is 7.72. The Balaban J connectivity index is 1.58. The fraction of sp³-hybridized carbons (Fsp3) is 0.267. The molecule has 1 fully saturated rings. The van der Waals surface area contributed by atoms with Crippen LogP contribution in [0.3, 0.4) is 0 Å². The van der Waals surface area contributed by atoms with E-state index in [2.05, 4.69) is 20.3 Å². The number of rotatable bonds is 6. The zero-order valence-corrected chi connectivity index (χ0v) is 15.7. The first-order chi connectivity index (χ1) is 12.1. The number of carbonyl (C=O) groups excluding carboxylic acids is 2. The fourth-order valence-corrected chi connectivity index (χ4v) is 4.17. The number of aromatic nitrogens is 2. The van der Waals surface area contributed by atoms with E-state index in [0.717, 1.165) is 4.88 Å². The molecule has 25 heavy (non-hydrogen) atoms. The van der Waals surface area contributed by atoms with E-state index in [1.165, 1.54) is 16.7 Å². The van der Waals surface area contributed by atoms with Crippen LogP contribution in [0.25, 0.3) is 6.08 Å². The van der Waals surface area contributed by atoms with Crippen LogP contribution in [-0.4, -0.2) is 37.9 Å². The van der Waals surface area contributed by atoms with Crippen molar-refractivity contribution in [3.8, 4) is 0 Å². The summed E-state index contributed by atoms with van der Waals surface area (Å²) in [5, 5.41) is 11.9. The number of anilines is 1. The van der Waals surface area contributed by atoms with Gasteiger partial charge >= 0.3 is 0 Å². The first kappa shape index (κ1) is 17.8. The smallest absolute Gasteiger partial charge is 0.266 e. The molecule has 3 heterocycles. The monoisotopic (exact) mass is 394 g/mol. The fourth-order valence-electron chi connectivity index (χ4n) is 2.14. The Bertz CT molecular complexity index is 829. The molecule has 0 unspecified atom stereocenters. The number of thioether (sulfide) groups is 1. The van der Waals surface area contributed by atoms with Crippen molar-refractivity contribution in [1.29, 1.82) is 0 Å². The molecule has 10 heteroatoms. The van der Waals surface area contributed by atoms with E-state index in [-0.39, 0.29) is 24.8 Å². The van der Waals surface area contributed by atoms with Crippen LogP contribution in [0.2, 0.25) is 0 Å². The van der Waals surface area contributed by atoms with Crippen LogP contribution in [0.1, 0.15) is 23.9 Å². The topological polar surface area (TPSA) is 88.3 Å². The number of thiocarbonyl (C=S) groups is 1. The lowest BCUT2D eigenvalue weighted by molar-refractivity contribution is -0.122. The Labute approximate surface area is 157 Å². The van der Waals surface area contributed by atoms with E-state index in [9.17, 15) is 9.59 Å².